The third-order valence-corrected chi connectivity index (χ3v) is 2.34. The molecule has 0 spiro atoms. The number of carbonyl (C=O) groups excluding carboxylic acids is 1. The normalized spacial score (nSPS) is 12.2. The van der Waals surface area contributed by atoms with Crippen LogP contribution in [-0.2, 0) is 6.54 Å². The maximum absolute atomic E-state index is 11.7. The molecule has 1 amide bonds. The van der Waals surface area contributed by atoms with Crippen LogP contribution in [0, 0.1) is 0 Å². The van der Waals surface area contributed by atoms with Gasteiger partial charge in [-0.05, 0) is 18.1 Å². The number of carbonyl (C=O) groups is 1. The number of aliphatic hydroxyl groups excluding tert-OH is 1. The van der Waals surface area contributed by atoms with Crippen molar-refractivity contribution < 1.29 is 9.90 Å². The Balaban J connectivity index is 2.65. The van der Waals surface area contributed by atoms with Crippen molar-refractivity contribution in [3.05, 3.63) is 29.6 Å². The quantitative estimate of drug-likeness (QED) is 0.657. The van der Waals surface area contributed by atoms with E-state index in [4.69, 9.17) is 10.8 Å². The van der Waals surface area contributed by atoms with Crippen molar-refractivity contribution in [2.45, 2.75) is 25.9 Å². The topological polar surface area (TPSA) is 88.2 Å². The number of rotatable bonds is 5. The Morgan fingerprint density at radius 2 is 2.38 bits per heavy atom. The zero-order valence-corrected chi connectivity index (χ0v) is 9.31. The molecule has 1 atom stereocenters. The number of hydrogen-bond donors (Lipinski definition) is 3. The van der Waals surface area contributed by atoms with Crippen LogP contribution in [0.4, 0.5) is 0 Å². The Morgan fingerprint density at radius 3 is 2.81 bits per heavy atom. The summed E-state index contributed by atoms with van der Waals surface area (Å²) < 4.78 is 0. The van der Waals surface area contributed by atoms with Gasteiger partial charge in [-0.3, -0.25) is 9.78 Å². The molecule has 16 heavy (non-hydrogen) atoms. The minimum absolute atomic E-state index is 0.0663. The number of hydrogen-bond acceptors (Lipinski definition) is 4. The first kappa shape index (κ1) is 12.6. The van der Waals surface area contributed by atoms with Crippen molar-refractivity contribution in [2.75, 3.05) is 6.61 Å². The van der Waals surface area contributed by atoms with Crippen LogP contribution >= 0.6 is 0 Å². The molecular formula is C11H17N3O2. The minimum atomic E-state index is -0.274. The maximum atomic E-state index is 11.7. The predicted octanol–water partition coefficient (Wildman–Crippen LogP) is 0.0410. The molecule has 0 bridgehead atoms. The number of nitrogens with zero attached hydrogens (tertiary/aromatic N) is 1. The summed E-state index contributed by atoms with van der Waals surface area (Å²) in [5, 5.41) is 11.6. The van der Waals surface area contributed by atoms with Crippen LogP contribution in [0.15, 0.2) is 18.3 Å². The molecule has 0 aromatic carbocycles. The predicted molar refractivity (Wildman–Crippen MR) is 60.8 cm³/mol. The second-order valence-corrected chi connectivity index (χ2v) is 3.52. The summed E-state index contributed by atoms with van der Waals surface area (Å²) in [6, 6.07) is 3.17. The molecule has 1 aromatic heterocycles. The van der Waals surface area contributed by atoms with Crippen LogP contribution in [0.3, 0.4) is 0 Å². The lowest BCUT2D eigenvalue weighted by Gasteiger charge is -2.13. The molecule has 0 saturated heterocycles. The van der Waals surface area contributed by atoms with Gasteiger partial charge in [-0.1, -0.05) is 13.0 Å². The zero-order valence-electron chi connectivity index (χ0n) is 9.31. The number of nitrogens with two attached hydrogens (primary N) is 1. The highest BCUT2D eigenvalue weighted by Gasteiger charge is 2.11. The molecular weight excluding hydrogens is 206 g/mol. The molecule has 0 aliphatic rings. The summed E-state index contributed by atoms with van der Waals surface area (Å²) in [6.45, 7) is 2.23. The molecule has 4 N–H and O–H groups in total. The Kier molecular flexibility index (Phi) is 4.88. The van der Waals surface area contributed by atoms with Crippen molar-refractivity contribution in [3.63, 3.8) is 0 Å². The number of aromatic nitrogens is 1. The van der Waals surface area contributed by atoms with Crippen LogP contribution < -0.4 is 11.1 Å². The van der Waals surface area contributed by atoms with Gasteiger partial charge in [0.25, 0.3) is 5.91 Å². The fraction of sp³-hybridized carbons (Fsp3) is 0.455. The number of aliphatic hydroxyl groups is 1. The zero-order chi connectivity index (χ0) is 12.0. The summed E-state index contributed by atoms with van der Waals surface area (Å²) >= 11 is 0. The van der Waals surface area contributed by atoms with Gasteiger partial charge in [0.05, 0.1) is 12.6 Å². The van der Waals surface area contributed by atoms with Crippen LogP contribution in [0.2, 0.25) is 0 Å². The van der Waals surface area contributed by atoms with Crippen molar-refractivity contribution in [1.29, 1.82) is 0 Å². The lowest BCUT2D eigenvalue weighted by Crippen LogP contribution is -2.37. The van der Waals surface area contributed by atoms with Gasteiger partial charge < -0.3 is 16.2 Å². The SMILES string of the molecule is CC[C@@H](CO)NC(=O)c1ccc(CN)cn1. The van der Waals surface area contributed by atoms with Crippen molar-refractivity contribution in [2.24, 2.45) is 5.73 Å². The van der Waals surface area contributed by atoms with Crippen LogP contribution in [0.1, 0.15) is 29.4 Å². The van der Waals surface area contributed by atoms with E-state index >= 15 is 0 Å². The van der Waals surface area contributed by atoms with Gasteiger partial charge in [0.1, 0.15) is 5.69 Å². The second-order valence-electron chi connectivity index (χ2n) is 3.52. The highest BCUT2D eigenvalue weighted by atomic mass is 16.3. The van der Waals surface area contributed by atoms with E-state index in [1.165, 1.54) is 0 Å². The van der Waals surface area contributed by atoms with Crippen molar-refractivity contribution in [1.82, 2.24) is 10.3 Å². The molecule has 5 nitrogen and oxygen atoms in total. The number of nitrogens with one attached hydrogen (secondary N) is 1. The average Bonchev–Trinajstić information content (AvgIpc) is 2.35. The molecule has 1 rings (SSSR count). The minimum Gasteiger partial charge on any atom is -0.394 e. The highest BCUT2D eigenvalue weighted by molar-refractivity contribution is 5.92. The standard InChI is InChI=1S/C11H17N3O2/c1-2-9(7-15)14-11(16)10-4-3-8(5-12)6-13-10/h3-4,6,9,15H,2,5,7,12H2,1H3,(H,14,16)/t9-/m0/s1. The van der Waals surface area contributed by atoms with Gasteiger partial charge >= 0.3 is 0 Å². The van der Waals surface area contributed by atoms with E-state index in [0.717, 1.165) is 5.56 Å². The van der Waals surface area contributed by atoms with Crippen molar-refractivity contribution in [3.8, 4) is 0 Å². The van der Waals surface area contributed by atoms with Gasteiger partial charge in [0, 0.05) is 12.7 Å². The van der Waals surface area contributed by atoms with Gasteiger partial charge in [-0.15, -0.1) is 0 Å². The lowest BCUT2D eigenvalue weighted by atomic mass is 10.2. The molecule has 88 valence electrons. The molecule has 0 radical (unpaired) electrons. The second kappa shape index (κ2) is 6.19. The highest BCUT2D eigenvalue weighted by Crippen LogP contribution is 2.00. The average molecular weight is 223 g/mol. The first-order chi connectivity index (χ1) is 7.71. The van der Waals surface area contributed by atoms with Crippen LogP contribution in [0.25, 0.3) is 0 Å². The Hall–Kier alpha value is -1.46. The Labute approximate surface area is 94.7 Å². The number of pyridine rings is 1. The molecule has 5 heteroatoms. The van der Waals surface area contributed by atoms with Crippen LogP contribution in [-0.4, -0.2) is 28.6 Å². The molecule has 1 heterocycles. The van der Waals surface area contributed by atoms with Crippen molar-refractivity contribution >= 4 is 5.91 Å². The van der Waals surface area contributed by atoms with Crippen LogP contribution in [0.5, 0.6) is 0 Å². The number of amides is 1. The first-order valence-electron chi connectivity index (χ1n) is 5.28. The van der Waals surface area contributed by atoms with E-state index < -0.39 is 0 Å². The van der Waals surface area contributed by atoms with Gasteiger partial charge in [-0.25, -0.2) is 0 Å². The first-order valence-corrected chi connectivity index (χ1v) is 5.28. The molecule has 0 aliphatic heterocycles. The summed E-state index contributed by atoms with van der Waals surface area (Å²) in [6.07, 6.45) is 2.26. The molecule has 0 unspecified atom stereocenters. The largest absolute Gasteiger partial charge is 0.394 e. The molecule has 0 saturated carbocycles. The summed E-state index contributed by atoms with van der Waals surface area (Å²) in [5.41, 5.74) is 6.64. The molecule has 0 fully saturated rings. The van der Waals surface area contributed by atoms with E-state index in [1.54, 1.807) is 18.3 Å². The van der Waals surface area contributed by atoms with E-state index in [2.05, 4.69) is 10.3 Å². The fourth-order valence-corrected chi connectivity index (χ4v) is 1.22. The van der Waals surface area contributed by atoms with E-state index in [1.807, 2.05) is 6.92 Å². The summed E-state index contributed by atoms with van der Waals surface area (Å²) in [7, 11) is 0. The van der Waals surface area contributed by atoms with Gasteiger partial charge in [0.15, 0.2) is 0 Å². The van der Waals surface area contributed by atoms with Gasteiger partial charge in [0.2, 0.25) is 0 Å². The van der Waals surface area contributed by atoms with E-state index in [-0.39, 0.29) is 18.6 Å². The van der Waals surface area contributed by atoms with E-state index in [9.17, 15) is 4.79 Å². The lowest BCUT2D eigenvalue weighted by molar-refractivity contribution is 0.0910. The fourth-order valence-electron chi connectivity index (χ4n) is 1.22. The third kappa shape index (κ3) is 3.29. The molecule has 0 aliphatic carbocycles. The van der Waals surface area contributed by atoms with E-state index in [0.29, 0.717) is 18.7 Å². The summed E-state index contributed by atoms with van der Waals surface area (Å²) in [4.78, 5) is 15.7. The Bertz CT molecular complexity index is 334. The third-order valence-electron chi connectivity index (χ3n) is 2.34. The smallest absolute Gasteiger partial charge is 0.270 e. The summed E-state index contributed by atoms with van der Waals surface area (Å²) in [5.74, 6) is -0.274. The Morgan fingerprint density at radius 1 is 1.62 bits per heavy atom. The maximum Gasteiger partial charge on any atom is 0.270 e. The molecule has 1 aromatic rings. The van der Waals surface area contributed by atoms with Gasteiger partial charge in [-0.2, -0.15) is 0 Å². The monoisotopic (exact) mass is 223 g/mol.